The van der Waals surface area contributed by atoms with Gasteiger partial charge in [0, 0.05) is 24.0 Å². The van der Waals surface area contributed by atoms with Gasteiger partial charge in [-0.2, -0.15) is 0 Å². The number of thioether (sulfide) groups is 1. The standard InChI is InChI=1S/C15H18O2S/c1-17-10-4-5-11-18-15-9-8-14(16)12-6-2-3-7-13(12)15/h2-3,6-9,16H,4-5,10-11H2,1H3. The highest BCUT2D eigenvalue weighted by atomic mass is 32.2. The van der Waals surface area contributed by atoms with Crippen LogP contribution in [0, 0.1) is 0 Å². The van der Waals surface area contributed by atoms with E-state index in [4.69, 9.17) is 4.74 Å². The predicted octanol–water partition coefficient (Wildman–Crippen LogP) is 4.06. The van der Waals surface area contributed by atoms with E-state index in [0.29, 0.717) is 5.75 Å². The first kappa shape index (κ1) is 13.2. The van der Waals surface area contributed by atoms with Crippen LogP contribution in [0.5, 0.6) is 5.75 Å². The summed E-state index contributed by atoms with van der Waals surface area (Å²) in [5.74, 6) is 1.44. The summed E-state index contributed by atoms with van der Waals surface area (Å²) in [5, 5.41) is 11.9. The Morgan fingerprint density at radius 2 is 1.83 bits per heavy atom. The summed E-state index contributed by atoms with van der Waals surface area (Å²) in [6.07, 6.45) is 2.24. The van der Waals surface area contributed by atoms with Crippen molar-refractivity contribution in [3.8, 4) is 5.75 Å². The van der Waals surface area contributed by atoms with Crippen LogP contribution in [0.2, 0.25) is 0 Å². The highest BCUT2D eigenvalue weighted by molar-refractivity contribution is 7.99. The van der Waals surface area contributed by atoms with Gasteiger partial charge in [0.1, 0.15) is 5.75 Å². The van der Waals surface area contributed by atoms with Crippen LogP contribution < -0.4 is 0 Å². The lowest BCUT2D eigenvalue weighted by Gasteiger charge is -2.07. The summed E-state index contributed by atoms with van der Waals surface area (Å²) in [5.41, 5.74) is 0. The van der Waals surface area contributed by atoms with Crippen LogP contribution in [0.1, 0.15) is 12.8 Å². The van der Waals surface area contributed by atoms with Gasteiger partial charge in [-0.3, -0.25) is 0 Å². The van der Waals surface area contributed by atoms with E-state index < -0.39 is 0 Å². The molecule has 2 aromatic rings. The number of fused-ring (bicyclic) bond motifs is 1. The number of phenols is 1. The number of hydrogen-bond acceptors (Lipinski definition) is 3. The van der Waals surface area contributed by atoms with Gasteiger partial charge < -0.3 is 9.84 Å². The molecule has 1 N–H and O–H groups in total. The fraction of sp³-hybridized carbons (Fsp3) is 0.333. The molecule has 0 unspecified atom stereocenters. The Labute approximate surface area is 112 Å². The molecule has 2 nitrogen and oxygen atoms in total. The monoisotopic (exact) mass is 262 g/mol. The van der Waals surface area contributed by atoms with Gasteiger partial charge in [0.25, 0.3) is 0 Å². The van der Waals surface area contributed by atoms with Crippen LogP contribution in [-0.2, 0) is 4.74 Å². The summed E-state index contributed by atoms with van der Waals surface area (Å²) in [6, 6.07) is 11.8. The zero-order valence-corrected chi connectivity index (χ0v) is 11.4. The van der Waals surface area contributed by atoms with Crippen molar-refractivity contribution >= 4 is 22.5 Å². The minimum Gasteiger partial charge on any atom is -0.507 e. The SMILES string of the molecule is COCCCCSc1ccc(O)c2ccccc12. The third-order valence-corrected chi connectivity index (χ3v) is 4.02. The lowest BCUT2D eigenvalue weighted by atomic mass is 10.1. The zero-order chi connectivity index (χ0) is 12.8. The van der Waals surface area contributed by atoms with Crippen molar-refractivity contribution < 1.29 is 9.84 Å². The van der Waals surface area contributed by atoms with E-state index in [1.807, 2.05) is 36.0 Å². The summed E-state index contributed by atoms with van der Waals surface area (Å²) in [4.78, 5) is 1.24. The first-order chi connectivity index (χ1) is 8.83. The quantitative estimate of drug-likeness (QED) is 0.628. The molecule has 0 heterocycles. The second-order valence-electron chi connectivity index (χ2n) is 4.18. The molecule has 2 aromatic carbocycles. The minimum absolute atomic E-state index is 0.356. The Hall–Kier alpha value is -1.19. The topological polar surface area (TPSA) is 29.5 Å². The third kappa shape index (κ3) is 3.18. The molecular weight excluding hydrogens is 244 g/mol. The normalized spacial score (nSPS) is 10.9. The van der Waals surface area contributed by atoms with Crippen molar-refractivity contribution in [2.24, 2.45) is 0 Å². The average Bonchev–Trinajstić information content (AvgIpc) is 2.41. The number of benzene rings is 2. The van der Waals surface area contributed by atoms with Gasteiger partial charge in [0.15, 0.2) is 0 Å². The number of phenolic OH excluding ortho intramolecular Hbond substituents is 1. The smallest absolute Gasteiger partial charge is 0.123 e. The van der Waals surface area contributed by atoms with Crippen LogP contribution in [0.4, 0.5) is 0 Å². The number of methoxy groups -OCH3 is 1. The van der Waals surface area contributed by atoms with Crippen molar-refractivity contribution in [3.05, 3.63) is 36.4 Å². The van der Waals surface area contributed by atoms with Gasteiger partial charge in [0.2, 0.25) is 0 Å². The van der Waals surface area contributed by atoms with Crippen LogP contribution in [0.15, 0.2) is 41.3 Å². The van der Waals surface area contributed by atoms with Crippen LogP contribution in [-0.4, -0.2) is 24.6 Å². The summed E-state index contributed by atoms with van der Waals surface area (Å²) >= 11 is 1.84. The van der Waals surface area contributed by atoms with Crippen molar-refractivity contribution in [2.45, 2.75) is 17.7 Å². The van der Waals surface area contributed by atoms with Gasteiger partial charge in [-0.15, -0.1) is 11.8 Å². The number of hydrogen-bond donors (Lipinski definition) is 1. The van der Waals surface area contributed by atoms with E-state index in [2.05, 4.69) is 6.07 Å². The van der Waals surface area contributed by atoms with Crippen molar-refractivity contribution in [3.63, 3.8) is 0 Å². The molecule has 0 aliphatic heterocycles. The summed E-state index contributed by atoms with van der Waals surface area (Å²) in [7, 11) is 1.74. The number of ether oxygens (including phenoxy) is 1. The molecule has 0 aromatic heterocycles. The largest absolute Gasteiger partial charge is 0.507 e. The maximum Gasteiger partial charge on any atom is 0.123 e. The van der Waals surface area contributed by atoms with Gasteiger partial charge >= 0.3 is 0 Å². The molecule has 0 saturated heterocycles. The molecule has 96 valence electrons. The molecule has 0 atom stereocenters. The molecule has 0 aliphatic rings. The van der Waals surface area contributed by atoms with Crippen molar-refractivity contribution in [2.75, 3.05) is 19.5 Å². The van der Waals surface area contributed by atoms with Crippen LogP contribution >= 0.6 is 11.8 Å². The van der Waals surface area contributed by atoms with E-state index in [9.17, 15) is 5.11 Å². The Balaban J connectivity index is 2.07. The summed E-state index contributed by atoms with van der Waals surface area (Å²) in [6.45, 7) is 0.830. The first-order valence-electron chi connectivity index (χ1n) is 6.15. The molecule has 3 heteroatoms. The van der Waals surface area contributed by atoms with Crippen molar-refractivity contribution in [1.82, 2.24) is 0 Å². The molecular formula is C15H18O2S. The highest BCUT2D eigenvalue weighted by Crippen LogP contribution is 2.33. The van der Waals surface area contributed by atoms with Crippen LogP contribution in [0.3, 0.4) is 0 Å². The predicted molar refractivity (Wildman–Crippen MR) is 77.4 cm³/mol. The first-order valence-corrected chi connectivity index (χ1v) is 7.14. The Morgan fingerprint density at radius 1 is 1.06 bits per heavy atom. The molecule has 0 saturated carbocycles. The molecule has 0 spiro atoms. The van der Waals surface area contributed by atoms with E-state index in [1.54, 1.807) is 13.2 Å². The maximum atomic E-state index is 9.81. The fourth-order valence-corrected chi connectivity index (χ4v) is 2.98. The molecule has 0 bridgehead atoms. The third-order valence-electron chi connectivity index (χ3n) is 2.86. The Kier molecular flexibility index (Phi) is 4.90. The molecule has 0 fully saturated rings. The van der Waals surface area contributed by atoms with E-state index >= 15 is 0 Å². The Bertz CT molecular complexity index is 511. The van der Waals surface area contributed by atoms with Gasteiger partial charge in [-0.1, -0.05) is 24.3 Å². The van der Waals surface area contributed by atoms with Crippen molar-refractivity contribution in [1.29, 1.82) is 0 Å². The van der Waals surface area contributed by atoms with E-state index in [-0.39, 0.29) is 0 Å². The minimum atomic E-state index is 0.356. The fourth-order valence-electron chi connectivity index (χ4n) is 1.91. The van der Waals surface area contributed by atoms with E-state index in [0.717, 1.165) is 36.0 Å². The Morgan fingerprint density at radius 3 is 2.61 bits per heavy atom. The zero-order valence-electron chi connectivity index (χ0n) is 10.6. The lowest BCUT2D eigenvalue weighted by molar-refractivity contribution is 0.194. The van der Waals surface area contributed by atoms with Gasteiger partial charge in [-0.05, 0) is 36.1 Å². The van der Waals surface area contributed by atoms with E-state index in [1.165, 1.54) is 4.90 Å². The number of aromatic hydroxyl groups is 1. The molecule has 2 rings (SSSR count). The lowest BCUT2D eigenvalue weighted by Crippen LogP contribution is -1.89. The second-order valence-corrected chi connectivity index (χ2v) is 5.31. The molecule has 18 heavy (non-hydrogen) atoms. The molecule has 0 radical (unpaired) electrons. The average molecular weight is 262 g/mol. The highest BCUT2D eigenvalue weighted by Gasteiger charge is 2.04. The molecule has 0 amide bonds. The number of unbranched alkanes of at least 4 members (excludes halogenated alkanes) is 1. The van der Waals surface area contributed by atoms with Gasteiger partial charge in [-0.25, -0.2) is 0 Å². The summed E-state index contributed by atoms with van der Waals surface area (Å²) < 4.78 is 5.04. The maximum absolute atomic E-state index is 9.81. The van der Waals surface area contributed by atoms with Crippen LogP contribution in [0.25, 0.3) is 10.8 Å². The second kappa shape index (κ2) is 6.66. The number of rotatable bonds is 6. The molecule has 0 aliphatic carbocycles. The van der Waals surface area contributed by atoms with Gasteiger partial charge in [0.05, 0.1) is 0 Å².